The second kappa shape index (κ2) is 8.32. The first-order chi connectivity index (χ1) is 10.2. The molecule has 1 N–H and O–H groups in total. The number of hydrogen-bond acceptors (Lipinski definition) is 4. The standard InChI is InChI=1S/C17H30N4/c1-4-10-18-13-16-7-8-17(20-19-16)21-11-5-6-15(9-12-21)14(2)3/h7-8,14-15,18H,4-6,9-13H2,1-3H3. The maximum absolute atomic E-state index is 4.43. The van der Waals surface area contributed by atoms with E-state index in [-0.39, 0.29) is 0 Å². The largest absolute Gasteiger partial charge is 0.355 e. The van der Waals surface area contributed by atoms with Crippen molar-refractivity contribution in [1.82, 2.24) is 15.5 Å². The molecule has 0 aliphatic carbocycles. The highest BCUT2D eigenvalue weighted by Crippen LogP contribution is 2.26. The Bertz CT molecular complexity index is 402. The van der Waals surface area contributed by atoms with E-state index >= 15 is 0 Å². The summed E-state index contributed by atoms with van der Waals surface area (Å²) >= 11 is 0. The fraction of sp³-hybridized carbons (Fsp3) is 0.765. The molecule has 1 aromatic heterocycles. The molecule has 0 amide bonds. The van der Waals surface area contributed by atoms with Crippen molar-refractivity contribution in [3.63, 3.8) is 0 Å². The summed E-state index contributed by atoms with van der Waals surface area (Å²) in [5.74, 6) is 2.70. The Hall–Kier alpha value is -1.16. The van der Waals surface area contributed by atoms with Crippen molar-refractivity contribution in [2.24, 2.45) is 11.8 Å². The first-order valence-corrected chi connectivity index (χ1v) is 8.49. The lowest BCUT2D eigenvalue weighted by atomic mass is 9.89. The van der Waals surface area contributed by atoms with Crippen molar-refractivity contribution >= 4 is 5.82 Å². The molecule has 1 aliphatic heterocycles. The second-order valence-corrected chi connectivity index (χ2v) is 6.48. The van der Waals surface area contributed by atoms with E-state index in [9.17, 15) is 0 Å². The maximum Gasteiger partial charge on any atom is 0.151 e. The van der Waals surface area contributed by atoms with Crippen LogP contribution in [0, 0.1) is 11.8 Å². The van der Waals surface area contributed by atoms with E-state index in [0.29, 0.717) is 0 Å². The normalized spacial score (nSPS) is 19.8. The monoisotopic (exact) mass is 290 g/mol. The number of nitrogens with one attached hydrogen (secondary N) is 1. The van der Waals surface area contributed by atoms with Crippen molar-refractivity contribution in [3.8, 4) is 0 Å². The predicted octanol–water partition coefficient (Wildman–Crippen LogP) is 3.24. The van der Waals surface area contributed by atoms with Gasteiger partial charge in [0.1, 0.15) is 0 Å². The van der Waals surface area contributed by atoms with Gasteiger partial charge in [0.2, 0.25) is 0 Å². The molecule has 118 valence electrons. The number of anilines is 1. The smallest absolute Gasteiger partial charge is 0.151 e. The van der Waals surface area contributed by atoms with E-state index in [1.165, 1.54) is 19.3 Å². The minimum Gasteiger partial charge on any atom is -0.355 e. The second-order valence-electron chi connectivity index (χ2n) is 6.48. The van der Waals surface area contributed by atoms with E-state index in [2.05, 4.69) is 53.3 Å². The third-order valence-electron chi connectivity index (χ3n) is 4.48. The molecule has 1 fully saturated rings. The fourth-order valence-electron chi connectivity index (χ4n) is 3.03. The van der Waals surface area contributed by atoms with Crippen LogP contribution in [0.25, 0.3) is 0 Å². The van der Waals surface area contributed by atoms with E-state index in [0.717, 1.165) is 55.9 Å². The van der Waals surface area contributed by atoms with Crippen molar-refractivity contribution in [2.75, 3.05) is 24.5 Å². The van der Waals surface area contributed by atoms with E-state index in [1.54, 1.807) is 0 Å². The zero-order chi connectivity index (χ0) is 15.1. The van der Waals surface area contributed by atoms with Gasteiger partial charge in [-0.15, -0.1) is 5.10 Å². The topological polar surface area (TPSA) is 41.0 Å². The third kappa shape index (κ3) is 4.95. The SMILES string of the molecule is CCCNCc1ccc(N2CCCC(C(C)C)CC2)nn1. The Kier molecular flexibility index (Phi) is 6.43. The molecule has 1 saturated heterocycles. The molecule has 0 spiro atoms. The van der Waals surface area contributed by atoms with Gasteiger partial charge in [-0.25, -0.2) is 0 Å². The van der Waals surface area contributed by atoms with Crippen molar-refractivity contribution < 1.29 is 0 Å². The van der Waals surface area contributed by atoms with E-state index in [1.807, 2.05) is 0 Å². The van der Waals surface area contributed by atoms with Gasteiger partial charge in [-0.05, 0) is 56.2 Å². The van der Waals surface area contributed by atoms with Crippen LogP contribution >= 0.6 is 0 Å². The molecule has 4 heteroatoms. The molecule has 1 unspecified atom stereocenters. The average Bonchev–Trinajstić information content (AvgIpc) is 2.74. The molecule has 0 aromatic carbocycles. The summed E-state index contributed by atoms with van der Waals surface area (Å²) in [6.07, 6.45) is 5.04. The maximum atomic E-state index is 4.43. The lowest BCUT2D eigenvalue weighted by Crippen LogP contribution is -2.26. The van der Waals surface area contributed by atoms with Crippen LogP contribution in [0.3, 0.4) is 0 Å². The fourth-order valence-corrected chi connectivity index (χ4v) is 3.03. The van der Waals surface area contributed by atoms with Crippen LogP contribution in [0.2, 0.25) is 0 Å². The van der Waals surface area contributed by atoms with Crippen molar-refractivity contribution in [3.05, 3.63) is 17.8 Å². The number of aromatic nitrogens is 2. The van der Waals surface area contributed by atoms with Gasteiger partial charge in [-0.1, -0.05) is 20.8 Å². The van der Waals surface area contributed by atoms with Gasteiger partial charge in [-0.2, -0.15) is 5.10 Å². The van der Waals surface area contributed by atoms with Crippen LogP contribution < -0.4 is 10.2 Å². The Morgan fingerprint density at radius 2 is 2.10 bits per heavy atom. The quantitative estimate of drug-likeness (QED) is 0.817. The Morgan fingerprint density at radius 1 is 1.24 bits per heavy atom. The third-order valence-corrected chi connectivity index (χ3v) is 4.48. The lowest BCUT2D eigenvalue weighted by molar-refractivity contribution is 0.351. The summed E-state index contributed by atoms with van der Waals surface area (Å²) in [5.41, 5.74) is 1.03. The average molecular weight is 290 g/mol. The Balaban J connectivity index is 1.89. The van der Waals surface area contributed by atoms with Gasteiger partial charge in [0.25, 0.3) is 0 Å². The van der Waals surface area contributed by atoms with Gasteiger partial charge in [0, 0.05) is 19.6 Å². The van der Waals surface area contributed by atoms with Crippen molar-refractivity contribution in [1.29, 1.82) is 0 Å². The summed E-state index contributed by atoms with van der Waals surface area (Å²) in [5, 5.41) is 12.1. The first-order valence-electron chi connectivity index (χ1n) is 8.49. The zero-order valence-corrected chi connectivity index (χ0v) is 13.8. The van der Waals surface area contributed by atoms with Crippen molar-refractivity contribution in [2.45, 2.75) is 53.0 Å². The molecular weight excluding hydrogens is 260 g/mol. The summed E-state index contributed by atoms with van der Waals surface area (Å²) < 4.78 is 0. The highest BCUT2D eigenvalue weighted by atomic mass is 15.3. The Labute approximate surface area is 129 Å². The van der Waals surface area contributed by atoms with Crippen LogP contribution in [-0.2, 0) is 6.54 Å². The molecule has 0 bridgehead atoms. The molecular formula is C17H30N4. The van der Waals surface area contributed by atoms with Gasteiger partial charge < -0.3 is 10.2 Å². The molecule has 0 saturated carbocycles. The molecule has 2 heterocycles. The van der Waals surface area contributed by atoms with E-state index in [4.69, 9.17) is 0 Å². The minimum atomic E-state index is 0.794. The van der Waals surface area contributed by atoms with Crippen LogP contribution in [0.4, 0.5) is 5.82 Å². The van der Waals surface area contributed by atoms with Gasteiger partial charge in [0.05, 0.1) is 5.69 Å². The zero-order valence-electron chi connectivity index (χ0n) is 13.8. The molecule has 0 radical (unpaired) electrons. The highest BCUT2D eigenvalue weighted by molar-refractivity contribution is 5.37. The summed E-state index contributed by atoms with van der Waals surface area (Å²) in [6.45, 7) is 10.9. The van der Waals surface area contributed by atoms with Crippen LogP contribution in [0.1, 0.15) is 52.1 Å². The number of hydrogen-bond donors (Lipinski definition) is 1. The van der Waals surface area contributed by atoms with Gasteiger partial charge in [-0.3, -0.25) is 0 Å². The molecule has 4 nitrogen and oxygen atoms in total. The predicted molar refractivity (Wildman–Crippen MR) is 88.4 cm³/mol. The molecule has 1 atom stereocenters. The van der Waals surface area contributed by atoms with E-state index < -0.39 is 0 Å². The molecule has 1 aromatic rings. The first kappa shape index (κ1) is 16.2. The summed E-state index contributed by atoms with van der Waals surface area (Å²) in [6, 6.07) is 4.24. The molecule has 2 rings (SSSR count). The van der Waals surface area contributed by atoms with Crippen LogP contribution in [0.5, 0.6) is 0 Å². The highest BCUT2D eigenvalue weighted by Gasteiger charge is 2.20. The number of nitrogens with zero attached hydrogens (tertiary/aromatic N) is 3. The number of rotatable bonds is 6. The van der Waals surface area contributed by atoms with Crippen LogP contribution in [-0.4, -0.2) is 29.8 Å². The van der Waals surface area contributed by atoms with Gasteiger partial charge in [0.15, 0.2) is 5.82 Å². The molecule has 1 aliphatic rings. The minimum absolute atomic E-state index is 0.794. The summed E-state index contributed by atoms with van der Waals surface area (Å²) in [7, 11) is 0. The van der Waals surface area contributed by atoms with Gasteiger partial charge >= 0.3 is 0 Å². The van der Waals surface area contributed by atoms with Crippen LogP contribution in [0.15, 0.2) is 12.1 Å². The lowest BCUT2D eigenvalue weighted by Gasteiger charge is -2.22. The molecule has 21 heavy (non-hydrogen) atoms. The Morgan fingerprint density at radius 3 is 2.76 bits per heavy atom. The summed E-state index contributed by atoms with van der Waals surface area (Å²) in [4.78, 5) is 2.40.